The summed E-state index contributed by atoms with van der Waals surface area (Å²) in [7, 11) is 0. The van der Waals surface area contributed by atoms with Gasteiger partial charge < -0.3 is 5.32 Å². The van der Waals surface area contributed by atoms with E-state index in [4.69, 9.17) is 0 Å². The standard InChI is InChI=1S/C30H24N2O2/c1-2-29(21-13-5-3-6-14-21)27(33)31-30(32(28(29)34)22-15-7-4-8-16-22)25-19-11-9-17-23(25)24-18-10-12-20-26(24)30/h3-20H,2H2,1H3,(H,31,33). The van der Waals surface area contributed by atoms with Gasteiger partial charge in [-0.1, -0.05) is 104 Å². The highest BCUT2D eigenvalue weighted by atomic mass is 16.2. The van der Waals surface area contributed by atoms with Crippen molar-refractivity contribution in [2.24, 2.45) is 0 Å². The second kappa shape index (κ2) is 7.42. The Balaban J connectivity index is 1.69. The first-order valence-corrected chi connectivity index (χ1v) is 11.6. The summed E-state index contributed by atoms with van der Waals surface area (Å²) in [5.74, 6) is -0.493. The second-order valence-electron chi connectivity index (χ2n) is 8.86. The van der Waals surface area contributed by atoms with Crippen LogP contribution in [0.2, 0.25) is 0 Å². The fraction of sp³-hybridized carbons (Fsp3) is 0.133. The zero-order valence-corrected chi connectivity index (χ0v) is 18.9. The van der Waals surface area contributed by atoms with Gasteiger partial charge >= 0.3 is 0 Å². The molecule has 1 N–H and O–H groups in total. The van der Waals surface area contributed by atoms with E-state index in [-0.39, 0.29) is 11.8 Å². The molecule has 1 fully saturated rings. The number of nitrogens with one attached hydrogen (secondary N) is 1. The molecular formula is C30H24N2O2. The molecule has 0 radical (unpaired) electrons. The van der Waals surface area contributed by atoms with Crippen LogP contribution in [0.25, 0.3) is 11.1 Å². The van der Waals surface area contributed by atoms with Crippen LogP contribution in [0.15, 0.2) is 109 Å². The summed E-state index contributed by atoms with van der Waals surface area (Å²) in [6, 6.07) is 35.1. The lowest BCUT2D eigenvalue weighted by atomic mass is 9.71. The van der Waals surface area contributed by atoms with Crippen LogP contribution in [0.4, 0.5) is 5.69 Å². The summed E-state index contributed by atoms with van der Waals surface area (Å²) in [6.45, 7) is 1.90. The number of anilines is 1. The average molecular weight is 445 g/mol. The third-order valence-electron chi connectivity index (χ3n) is 7.32. The van der Waals surface area contributed by atoms with E-state index in [0.717, 1.165) is 27.9 Å². The van der Waals surface area contributed by atoms with Gasteiger partial charge in [0.25, 0.3) is 0 Å². The number of fused-ring (bicyclic) bond motifs is 5. The van der Waals surface area contributed by atoms with Crippen molar-refractivity contribution < 1.29 is 9.59 Å². The third kappa shape index (κ3) is 2.48. The molecule has 4 aromatic rings. The Morgan fingerprint density at radius 1 is 0.676 bits per heavy atom. The molecular weight excluding hydrogens is 420 g/mol. The van der Waals surface area contributed by atoms with Crippen molar-refractivity contribution in [3.8, 4) is 11.1 Å². The minimum Gasteiger partial charge on any atom is -0.324 e. The second-order valence-corrected chi connectivity index (χ2v) is 8.86. The van der Waals surface area contributed by atoms with Crippen molar-refractivity contribution in [3.05, 3.63) is 126 Å². The van der Waals surface area contributed by atoms with Crippen LogP contribution in [0.5, 0.6) is 0 Å². The van der Waals surface area contributed by atoms with E-state index in [1.807, 2.05) is 109 Å². The third-order valence-corrected chi connectivity index (χ3v) is 7.32. The molecule has 1 aliphatic heterocycles. The van der Waals surface area contributed by atoms with Gasteiger partial charge in [0, 0.05) is 16.8 Å². The Hall–Kier alpha value is -4.18. The Kier molecular flexibility index (Phi) is 4.46. The van der Waals surface area contributed by atoms with E-state index in [9.17, 15) is 9.59 Å². The van der Waals surface area contributed by atoms with E-state index in [0.29, 0.717) is 12.0 Å². The van der Waals surface area contributed by atoms with Crippen LogP contribution < -0.4 is 10.2 Å². The first-order chi connectivity index (χ1) is 16.6. The summed E-state index contributed by atoms with van der Waals surface area (Å²) in [4.78, 5) is 30.7. The number of hydrogen-bond acceptors (Lipinski definition) is 2. The Labute approximate surface area is 198 Å². The van der Waals surface area contributed by atoms with Gasteiger partial charge in [0.2, 0.25) is 11.8 Å². The number of carbonyl (C=O) groups is 2. The van der Waals surface area contributed by atoms with Crippen LogP contribution in [-0.4, -0.2) is 11.8 Å². The summed E-state index contributed by atoms with van der Waals surface area (Å²) in [5, 5.41) is 3.39. The van der Waals surface area contributed by atoms with Crippen molar-refractivity contribution in [2.75, 3.05) is 4.90 Å². The molecule has 1 unspecified atom stereocenters. The van der Waals surface area contributed by atoms with Crippen molar-refractivity contribution in [3.63, 3.8) is 0 Å². The van der Waals surface area contributed by atoms with Crippen molar-refractivity contribution in [2.45, 2.75) is 24.4 Å². The predicted octanol–water partition coefficient (Wildman–Crippen LogP) is 5.38. The Morgan fingerprint density at radius 2 is 1.18 bits per heavy atom. The van der Waals surface area contributed by atoms with Gasteiger partial charge in [0.1, 0.15) is 0 Å². The maximum atomic E-state index is 14.7. The van der Waals surface area contributed by atoms with Gasteiger partial charge in [-0.05, 0) is 35.2 Å². The molecule has 2 aliphatic rings. The van der Waals surface area contributed by atoms with Crippen LogP contribution in [0.3, 0.4) is 0 Å². The Morgan fingerprint density at radius 3 is 1.74 bits per heavy atom. The maximum Gasteiger partial charge on any atom is 0.249 e. The van der Waals surface area contributed by atoms with Crippen molar-refractivity contribution in [1.29, 1.82) is 0 Å². The van der Waals surface area contributed by atoms with Crippen LogP contribution in [-0.2, 0) is 20.7 Å². The van der Waals surface area contributed by atoms with Gasteiger partial charge in [-0.2, -0.15) is 0 Å². The minimum absolute atomic E-state index is 0.220. The van der Waals surface area contributed by atoms with Crippen LogP contribution in [0, 0.1) is 0 Å². The van der Waals surface area contributed by atoms with Crippen LogP contribution >= 0.6 is 0 Å². The molecule has 1 atom stereocenters. The van der Waals surface area contributed by atoms with Gasteiger partial charge in [0.15, 0.2) is 11.1 Å². The molecule has 1 aliphatic carbocycles. The highest BCUT2D eigenvalue weighted by Crippen LogP contribution is 2.54. The summed E-state index contributed by atoms with van der Waals surface area (Å²) < 4.78 is 0. The van der Waals surface area contributed by atoms with E-state index >= 15 is 0 Å². The monoisotopic (exact) mass is 444 g/mol. The van der Waals surface area contributed by atoms with E-state index in [2.05, 4.69) is 17.4 Å². The van der Waals surface area contributed by atoms with Crippen molar-refractivity contribution >= 4 is 17.5 Å². The molecule has 2 amide bonds. The lowest BCUT2D eigenvalue weighted by Gasteiger charge is -2.52. The zero-order chi connectivity index (χ0) is 23.3. The van der Waals surface area contributed by atoms with Gasteiger partial charge in [-0.3, -0.25) is 14.5 Å². The van der Waals surface area contributed by atoms with Crippen molar-refractivity contribution in [1.82, 2.24) is 5.32 Å². The maximum absolute atomic E-state index is 14.7. The number of benzene rings is 4. The lowest BCUT2D eigenvalue weighted by molar-refractivity contribution is -0.142. The summed E-state index contributed by atoms with van der Waals surface area (Å²) in [5.41, 5.74) is 2.85. The van der Waals surface area contributed by atoms with E-state index in [1.165, 1.54) is 0 Å². The van der Waals surface area contributed by atoms with Gasteiger partial charge in [-0.15, -0.1) is 0 Å². The SMILES string of the molecule is CCC1(c2ccccc2)C(=O)NC2(c3ccccc3-c3ccccc32)N(c2ccccc2)C1=O. The molecule has 4 heteroatoms. The molecule has 4 nitrogen and oxygen atoms in total. The Bertz CT molecular complexity index is 1370. The number of carbonyl (C=O) groups excluding carboxylic acids is 2. The molecule has 6 rings (SSSR count). The first-order valence-electron chi connectivity index (χ1n) is 11.6. The zero-order valence-electron chi connectivity index (χ0n) is 18.9. The lowest BCUT2D eigenvalue weighted by Crippen LogP contribution is -2.73. The van der Waals surface area contributed by atoms with Crippen LogP contribution in [0.1, 0.15) is 30.0 Å². The fourth-order valence-electron chi connectivity index (χ4n) is 5.74. The largest absolute Gasteiger partial charge is 0.324 e. The van der Waals surface area contributed by atoms with Gasteiger partial charge in [0.05, 0.1) is 0 Å². The number of rotatable bonds is 3. The highest BCUT2D eigenvalue weighted by Gasteiger charge is 2.63. The summed E-state index contributed by atoms with van der Waals surface area (Å²) >= 11 is 0. The molecule has 0 bridgehead atoms. The average Bonchev–Trinajstić information content (AvgIpc) is 3.16. The minimum atomic E-state index is -1.32. The van der Waals surface area contributed by atoms with E-state index < -0.39 is 11.1 Å². The molecule has 1 saturated heterocycles. The number of hydrogen-bond donors (Lipinski definition) is 1. The number of para-hydroxylation sites is 1. The molecule has 4 aromatic carbocycles. The smallest absolute Gasteiger partial charge is 0.249 e. The molecule has 0 saturated carbocycles. The molecule has 1 spiro atoms. The summed E-state index contributed by atoms with van der Waals surface area (Å²) in [6.07, 6.45) is 0.352. The molecule has 166 valence electrons. The normalized spacial score (nSPS) is 20.1. The molecule has 34 heavy (non-hydrogen) atoms. The predicted molar refractivity (Wildman–Crippen MR) is 133 cm³/mol. The fourth-order valence-corrected chi connectivity index (χ4v) is 5.74. The quantitative estimate of drug-likeness (QED) is 0.432. The molecule has 0 aromatic heterocycles. The van der Waals surface area contributed by atoms with E-state index in [1.54, 1.807) is 0 Å². The van der Waals surface area contributed by atoms with Gasteiger partial charge in [-0.25, -0.2) is 0 Å². The highest BCUT2D eigenvalue weighted by molar-refractivity contribution is 6.21. The number of nitrogens with zero attached hydrogens (tertiary/aromatic N) is 1. The molecule has 1 heterocycles. The first kappa shape index (κ1) is 20.4. The topological polar surface area (TPSA) is 49.4 Å². The number of amides is 2.